The summed E-state index contributed by atoms with van der Waals surface area (Å²) in [7, 11) is -3.64. The van der Waals surface area contributed by atoms with E-state index in [9.17, 15) is 18.0 Å². The second-order valence-corrected chi connectivity index (χ2v) is 8.90. The molecule has 2 amide bonds. The number of carbonyl (C=O) groups is 2. The summed E-state index contributed by atoms with van der Waals surface area (Å²) >= 11 is 0. The van der Waals surface area contributed by atoms with Crippen molar-refractivity contribution in [3.8, 4) is 5.69 Å². The Labute approximate surface area is 186 Å². The van der Waals surface area contributed by atoms with Crippen molar-refractivity contribution in [2.24, 2.45) is 0 Å². The van der Waals surface area contributed by atoms with Gasteiger partial charge in [-0.25, -0.2) is 17.8 Å². The van der Waals surface area contributed by atoms with Gasteiger partial charge in [0, 0.05) is 29.7 Å². The first kappa shape index (κ1) is 23.2. The highest BCUT2D eigenvalue weighted by Gasteiger charge is 2.17. The lowest BCUT2D eigenvalue weighted by Gasteiger charge is -2.12. The lowest BCUT2D eigenvalue weighted by Crippen LogP contribution is -2.33. The molecule has 1 atom stereocenters. The van der Waals surface area contributed by atoms with Crippen molar-refractivity contribution >= 4 is 27.5 Å². The summed E-state index contributed by atoms with van der Waals surface area (Å²) in [4.78, 5) is 24.5. The molecule has 9 nitrogen and oxygen atoms in total. The average molecular weight is 456 g/mol. The summed E-state index contributed by atoms with van der Waals surface area (Å²) in [5.74, 6) is -0.866. The van der Waals surface area contributed by atoms with Gasteiger partial charge in [-0.05, 0) is 67.9 Å². The van der Waals surface area contributed by atoms with Crippen LogP contribution in [0.4, 0.5) is 5.69 Å². The van der Waals surface area contributed by atoms with Gasteiger partial charge in [-0.1, -0.05) is 6.92 Å². The smallest absolute Gasteiger partial charge is 0.251 e. The molecule has 32 heavy (non-hydrogen) atoms. The van der Waals surface area contributed by atoms with E-state index >= 15 is 0 Å². The number of nitrogens with zero attached hydrogens (tertiary/aromatic N) is 2. The van der Waals surface area contributed by atoms with E-state index in [0.717, 1.165) is 5.69 Å². The van der Waals surface area contributed by atoms with E-state index in [-0.39, 0.29) is 29.0 Å². The molecule has 0 spiro atoms. The number of sulfonamides is 1. The van der Waals surface area contributed by atoms with Gasteiger partial charge in [0.25, 0.3) is 5.91 Å². The van der Waals surface area contributed by atoms with Crippen LogP contribution < -0.4 is 15.4 Å². The molecule has 0 aliphatic heterocycles. The first-order valence-corrected chi connectivity index (χ1v) is 11.6. The predicted octanol–water partition coefficient (Wildman–Crippen LogP) is 2.32. The lowest BCUT2D eigenvalue weighted by molar-refractivity contribution is -0.115. The summed E-state index contributed by atoms with van der Waals surface area (Å²) in [6.45, 7) is 3.43. The molecule has 1 aromatic heterocycles. The Morgan fingerprint density at radius 2 is 1.75 bits per heavy atom. The van der Waals surface area contributed by atoms with Crippen LogP contribution in [-0.2, 0) is 14.8 Å². The average Bonchev–Trinajstić information content (AvgIpc) is 3.32. The normalized spacial score (nSPS) is 12.2. The molecule has 3 aromatic rings. The van der Waals surface area contributed by atoms with Gasteiger partial charge in [0.2, 0.25) is 15.9 Å². The quantitative estimate of drug-likeness (QED) is 0.457. The minimum Gasteiger partial charge on any atom is -0.343 e. The highest BCUT2D eigenvalue weighted by Crippen LogP contribution is 2.13. The number of nitrogens with one attached hydrogen (secondary N) is 3. The third kappa shape index (κ3) is 6.02. The highest BCUT2D eigenvalue weighted by molar-refractivity contribution is 7.89. The number of rotatable bonds is 9. The number of anilines is 1. The fourth-order valence-corrected chi connectivity index (χ4v) is 4.12. The first-order valence-electron chi connectivity index (χ1n) is 10.1. The molecular weight excluding hydrogens is 430 g/mol. The molecule has 0 bridgehead atoms. The molecule has 0 aliphatic carbocycles. The zero-order chi connectivity index (χ0) is 23.1. The van der Waals surface area contributed by atoms with E-state index in [1.54, 1.807) is 29.9 Å². The van der Waals surface area contributed by atoms with Gasteiger partial charge in [0.05, 0.1) is 17.1 Å². The summed E-state index contributed by atoms with van der Waals surface area (Å²) in [5.41, 5.74) is 1.69. The van der Waals surface area contributed by atoms with Crippen LogP contribution >= 0.6 is 0 Å². The fraction of sp³-hybridized carbons (Fsp3) is 0.227. The number of hydrogen-bond acceptors (Lipinski definition) is 5. The van der Waals surface area contributed by atoms with E-state index in [0.29, 0.717) is 12.1 Å². The van der Waals surface area contributed by atoms with Crippen molar-refractivity contribution in [3.63, 3.8) is 0 Å². The van der Waals surface area contributed by atoms with E-state index in [2.05, 4.69) is 20.5 Å². The van der Waals surface area contributed by atoms with Crippen molar-refractivity contribution in [1.82, 2.24) is 19.8 Å². The second-order valence-electron chi connectivity index (χ2n) is 7.18. The Balaban J connectivity index is 1.52. The van der Waals surface area contributed by atoms with Crippen LogP contribution in [0.3, 0.4) is 0 Å². The number of benzene rings is 2. The molecule has 3 N–H and O–H groups in total. The third-order valence-electron chi connectivity index (χ3n) is 4.73. The van der Waals surface area contributed by atoms with Crippen molar-refractivity contribution < 1.29 is 18.0 Å². The van der Waals surface area contributed by atoms with Crippen molar-refractivity contribution in [2.75, 3.05) is 11.9 Å². The Bertz CT molecular complexity index is 1160. The lowest BCUT2D eigenvalue weighted by atomic mass is 10.2. The molecule has 0 fully saturated rings. The van der Waals surface area contributed by atoms with Gasteiger partial charge in [0.15, 0.2) is 0 Å². The van der Waals surface area contributed by atoms with Crippen molar-refractivity contribution in [3.05, 3.63) is 72.6 Å². The summed E-state index contributed by atoms with van der Waals surface area (Å²) in [6.07, 6.45) is 4.15. The maximum Gasteiger partial charge on any atom is 0.251 e. The third-order valence-corrected chi connectivity index (χ3v) is 6.33. The maximum absolute atomic E-state index is 12.3. The van der Waals surface area contributed by atoms with Crippen LogP contribution in [0.15, 0.2) is 71.9 Å². The van der Waals surface area contributed by atoms with Gasteiger partial charge in [-0.2, -0.15) is 5.10 Å². The van der Waals surface area contributed by atoms with Crippen LogP contribution in [0.2, 0.25) is 0 Å². The van der Waals surface area contributed by atoms with Crippen LogP contribution in [0.1, 0.15) is 30.6 Å². The van der Waals surface area contributed by atoms with E-state index in [4.69, 9.17) is 0 Å². The molecule has 168 valence electrons. The van der Waals surface area contributed by atoms with Gasteiger partial charge in [0.1, 0.15) is 0 Å². The van der Waals surface area contributed by atoms with Gasteiger partial charge >= 0.3 is 0 Å². The van der Waals surface area contributed by atoms with Crippen LogP contribution in [-0.4, -0.2) is 42.6 Å². The molecule has 1 heterocycles. The molecule has 3 rings (SSSR count). The Hall–Kier alpha value is -3.50. The number of carbonyl (C=O) groups excluding carboxylic acids is 2. The van der Waals surface area contributed by atoms with E-state index in [1.165, 1.54) is 24.3 Å². The van der Waals surface area contributed by atoms with Crippen molar-refractivity contribution in [1.29, 1.82) is 0 Å². The highest BCUT2D eigenvalue weighted by atomic mass is 32.2. The zero-order valence-electron chi connectivity index (χ0n) is 17.8. The second kappa shape index (κ2) is 10.2. The topological polar surface area (TPSA) is 122 Å². The molecule has 1 unspecified atom stereocenters. The van der Waals surface area contributed by atoms with E-state index in [1.807, 2.05) is 31.3 Å². The molecule has 2 aromatic carbocycles. The maximum atomic E-state index is 12.3. The van der Waals surface area contributed by atoms with Crippen LogP contribution in [0.25, 0.3) is 5.69 Å². The van der Waals surface area contributed by atoms with Gasteiger partial charge < -0.3 is 10.6 Å². The van der Waals surface area contributed by atoms with E-state index < -0.39 is 15.9 Å². The Kier molecular flexibility index (Phi) is 7.39. The molecular formula is C22H25N5O4S. The largest absolute Gasteiger partial charge is 0.343 e. The standard InChI is InChI=1S/C22H25N5O4S/c1-3-16(2)26-32(30,31)20-11-5-17(6-12-20)22(29)23-15-21(28)25-18-7-9-19(10-8-18)27-14-4-13-24-27/h4-14,16,26H,3,15H2,1-2H3,(H,23,29)(H,25,28). The molecule has 10 heteroatoms. The SMILES string of the molecule is CCC(C)NS(=O)(=O)c1ccc(C(=O)NCC(=O)Nc2ccc(-n3cccn3)cc2)cc1. The van der Waals surface area contributed by atoms with Gasteiger partial charge in [-0.15, -0.1) is 0 Å². The zero-order valence-corrected chi connectivity index (χ0v) is 18.6. The van der Waals surface area contributed by atoms with Crippen molar-refractivity contribution in [2.45, 2.75) is 31.2 Å². The van der Waals surface area contributed by atoms with Gasteiger partial charge in [-0.3, -0.25) is 9.59 Å². The fourth-order valence-electron chi connectivity index (χ4n) is 2.79. The minimum absolute atomic E-state index is 0.0747. The molecule has 0 saturated heterocycles. The summed E-state index contributed by atoms with van der Waals surface area (Å²) < 4.78 is 28.8. The van der Waals surface area contributed by atoms with Crippen LogP contribution in [0.5, 0.6) is 0 Å². The molecule has 0 radical (unpaired) electrons. The Morgan fingerprint density at radius 3 is 2.34 bits per heavy atom. The first-order chi connectivity index (χ1) is 15.3. The predicted molar refractivity (Wildman–Crippen MR) is 121 cm³/mol. The summed E-state index contributed by atoms with van der Waals surface area (Å²) in [6, 6.07) is 14.3. The Morgan fingerprint density at radius 1 is 1.06 bits per heavy atom. The number of hydrogen-bond donors (Lipinski definition) is 3. The number of aromatic nitrogens is 2. The monoisotopic (exact) mass is 455 g/mol. The molecule has 0 aliphatic rings. The minimum atomic E-state index is -3.64. The number of amides is 2. The molecule has 0 saturated carbocycles. The van der Waals surface area contributed by atoms with Crippen LogP contribution in [0, 0.1) is 0 Å². The summed E-state index contributed by atoms with van der Waals surface area (Å²) in [5, 5.41) is 9.36.